The number of rotatable bonds is 8. The van der Waals surface area contributed by atoms with Crippen LogP contribution in [0.2, 0.25) is 0 Å². The number of Topliss-reactive ketones (excluding diaryl/α,β-unsaturated/α-hetero) is 1. The van der Waals surface area contributed by atoms with Crippen molar-refractivity contribution in [3.8, 4) is 0 Å². The Morgan fingerprint density at radius 3 is 2.60 bits per heavy atom. The lowest BCUT2D eigenvalue weighted by molar-refractivity contribution is -0.141. The Morgan fingerprint density at radius 2 is 1.94 bits per heavy atom. The fraction of sp³-hybridized carbons (Fsp3) is 0.423. The van der Waals surface area contributed by atoms with Crippen LogP contribution in [-0.2, 0) is 25.7 Å². The second-order valence-electron chi connectivity index (χ2n) is 8.87. The number of nitrogens with zero attached hydrogens (tertiary/aromatic N) is 2. The summed E-state index contributed by atoms with van der Waals surface area (Å²) in [5.41, 5.74) is 2.32. The molecule has 2 fully saturated rings. The van der Waals surface area contributed by atoms with E-state index in [1.807, 2.05) is 23.2 Å². The van der Waals surface area contributed by atoms with E-state index >= 15 is 0 Å². The van der Waals surface area contributed by atoms with Crippen molar-refractivity contribution in [3.63, 3.8) is 0 Å². The fourth-order valence-corrected chi connectivity index (χ4v) is 5.38. The average molecular weight is 521 g/mol. The topological polar surface area (TPSA) is 68.6 Å². The summed E-state index contributed by atoms with van der Waals surface area (Å²) in [6.07, 6.45) is 8.06. The first-order chi connectivity index (χ1) is 16.4. The number of ether oxygens (including phenoxy) is 1. The summed E-state index contributed by atoms with van der Waals surface area (Å²) in [7, 11) is 1.35. The van der Waals surface area contributed by atoms with Gasteiger partial charge < -0.3 is 9.30 Å². The van der Waals surface area contributed by atoms with Crippen LogP contribution in [-0.4, -0.2) is 51.8 Å². The van der Waals surface area contributed by atoms with Crippen LogP contribution < -0.4 is 0 Å². The van der Waals surface area contributed by atoms with E-state index in [2.05, 4.69) is 0 Å². The van der Waals surface area contributed by atoms with Crippen molar-refractivity contribution in [1.82, 2.24) is 9.47 Å². The largest absolute Gasteiger partial charge is 0.468 e. The molecule has 2 heterocycles. The van der Waals surface area contributed by atoms with Gasteiger partial charge in [0, 0.05) is 49.1 Å². The van der Waals surface area contributed by atoms with Crippen molar-refractivity contribution in [2.45, 2.75) is 44.0 Å². The third kappa shape index (κ3) is 6.84. The molecule has 1 aliphatic carbocycles. The molecule has 6 nitrogen and oxygen atoms in total. The number of aromatic nitrogens is 1. The van der Waals surface area contributed by atoms with E-state index in [-0.39, 0.29) is 52.8 Å². The Morgan fingerprint density at radius 1 is 1.20 bits per heavy atom. The maximum Gasteiger partial charge on any atom is 0.325 e. The molecule has 2 atom stereocenters. The first-order valence-electron chi connectivity index (χ1n) is 11.5. The molecule has 1 aliphatic heterocycles. The van der Waals surface area contributed by atoms with Crippen molar-refractivity contribution in [2.75, 3.05) is 20.2 Å². The maximum absolute atomic E-state index is 14.8. The quantitative estimate of drug-likeness (QED) is 0.471. The number of thioether (sulfide) groups is 1. The van der Waals surface area contributed by atoms with E-state index in [4.69, 9.17) is 4.74 Å². The van der Waals surface area contributed by atoms with Crippen LogP contribution >= 0.6 is 24.2 Å². The number of likely N-dealkylation sites (tertiary alicyclic amines) is 1. The number of halogens is 2. The molecule has 188 valence electrons. The number of piperidine rings is 1. The van der Waals surface area contributed by atoms with Crippen LogP contribution in [0, 0.1) is 11.7 Å². The molecule has 2 aromatic rings. The van der Waals surface area contributed by atoms with Crippen LogP contribution in [0.3, 0.4) is 0 Å². The molecule has 0 spiro atoms. The van der Waals surface area contributed by atoms with Crippen LogP contribution in [0.15, 0.2) is 48.3 Å². The van der Waals surface area contributed by atoms with Gasteiger partial charge in [-0.2, -0.15) is 0 Å². The Labute approximate surface area is 215 Å². The second kappa shape index (κ2) is 12.0. The summed E-state index contributed by atoms with van der Waals surface area (Å²) < 4.78 is 21.3. The maximum atomic E-state index is 14.8. The van der Waals surface area contributed by atoms with Crippen molar-refractivity contribution in [1.29, 1.82) is 0 Å². The summed E-state index contributed by atoms with van der Waals surface area (Å²) in [4.78, 5) is 38.8. The molecule has 1 aromatic carbocycles. The average Bonchev–Trinajstić information content (AvgIpc) is 3.57. The van der Waals surface area contributed by atoms with Crippen LogP contribution in [0.25, 0.3) is 6.08 Å². The van der Waals surface area contributed by atoms with Gasteiger partial charge in [0.15, 0.2) is 10.9 Å². The number of carbonyl (C=O) groups is 3. The molecule has 4 rings (SSSR count). The zero-order valence-corrected chi connectivity index (χ0v) is 21.4. The third-order valence-electron chi connectivity index (χ3n) is 6.26. The minimum atomic E-state index is -0.635. The number of ketones is 1. The predicted octanol–water partition coefficient (Wildman–Crippen LogP) is 4.68. The summed E-state index contributed by atoms with van der Waals surface area (Å²) >= 11 is 1.29. The van der Waals surface area contributed by atoms with E-state index in [0.717, 1.165) is 24.0 Å². The molecule has 2 aliphatic rings. The zero-order valence-electron chi connectivity index (χ0n) is 19.8. The van der Waals surface area contributed by atoms with E-state index in [1.165, 1.54) is 24.9 Å². The van der Waals surface area contributed by atoms with Gasteiger partial charge in [-0.15, -0.1) is 12.4 Å². The molecular weight excluding hydrogens is 491 g/mol. The van der Waals surface area contributed by atoms with Gasteiger partial charge in [-0.1, -0.05) is 36.0 Å². The van der Waals surface area contributed by atoms with Gasteiger partial charge in [-0.05, 0) is 42.5 Å². The van der Waals surface area contributed by atoms with Crippen molar-refractivity contribution in [3.05, 3.63) is 65.2 Å². The minimum Gasteiger partial charge on any atom is -0.468 e. The lowest BCUT2D eigenvalue weighted by Crippen LogP contribution is -2.43. The highest BCUT2D eigenvalue weighted by molar-refractivity contribution is 8.14. The van der Waals surface area contributed by atoms with Gasteiger partial charge >= 0.3 is 5.97 Å². The fourth-order valence-electron chi connectivity index (χ4n) is 4.47. The highest BCUT2D eigenvalue weighted by atomic mass is 35.5. The van der Waals surface area contributed by atoms with E-state index in [1.54, 1.807) is 35.9 Å². The van der Waals surface area contributed by atoms with E-state index < -0.39 is 6.04 Å². The Hall–Kier alpha value is -2.42. The van der Waals surface area contributed by atoms with Crippen molar-refractivity contribution < 1.29 is 23.5 Å². The lowest BCUT2D eigenvalue weighted by atomic mass is 9.93. The normalized spacial score (nSPS) is 20.2. The monoisotopic (exact) mass is 520 g/mol. The molecule has 1 saturated heterocycles. The van der Waals surface area contributed by atoms with Crippen LogP contribution in [0.1, 0.15) is 43.4 Å². The first-order valence-corrected chi connectivity index (χ1v) is 12.4. The molecule has 35 heavy (non-hydrogen) atoms. The Balaban J connectivity index is 0.00000342. The second-order valence-corrected chi connectivity index (χ2v) is 10.3. The summed E-state index contributed by atoms with van der Waals surface area (Å²) in [5.74, 6) is -0.637. The molecular formula is C26H30ClFN2O4S. The number of methoxy groups -OCH3 is 1. The number of hydrogen-bond donors (Lipinski definition) is 0. The van der Waals surface area contributed by atoms with Gasteiger partial charge in [-0.25, -0.2) is 4.39 Å². The van der Waals surface area contributed by atoms with Gasteiger partial charge in [0.25, 0.3) is 0 Å². The summed E-state index contributed by atoms with van der Waals surface area (Å²) in [6, 6.07) is 7.77. The predicted molar refractivity (Wildman–Crippen MR) is 137 cm³/mol. The molecule has 1 saturated carbocycles. The van der Waals surface area contributed by atoms with Crippen molar-refractivity contribution in [2.24, 2.45) is 5.92 Å². The van der Waals surface area contributed by atoms with Gasteiger partial charge in [0.1, 0.15) is 12.4 Å². The number of benzene rings is 1. The molecule has 9 heteroatoms. The molecule has 0 bridgehead atoms. The number of esters is 1. The minimum absolute atomic E-state index is 0. The van der Waals surface area contributed by atoms with E-state index in [0.29, 0.717) is 25.1 Å². The van der Waals surface area contributed by atoms with Gasteiger partial charge in [0.05, 0.1) is 13.2 Å². The number of hydrogen-bond acceptors (Lipinski definition) is 6. The van der Waals surface area contributed by atoms with Gasteiger partial charge in [0.2, 0.25) is 0 Å². The highest BCUT2D eigenvalue weighted by Crippen LogP contribution is 2.40. The SMILES string of the molecule is COC(=O)Cn1ccc(/C=C2/CN(C(C(=O)C3CC3)c3ccccc3F)CCC2SC(C)=O)c1.Cl. The summed E-state index contributed by atoms with van der Waals surface area (Å²) in [5, 5.41) is 0.0160. The molecule has 0 amide bonds. The van der Waals surface area contributed by atoms with E-state index in [9.17, 15) is 18.8 Å². The Bertz CT molecular complexity index is 1110. The molecule has 2 unspecified atom stereocenters. The molecule has 0 radical (unpaired) electrons. The molecule has 1 aromatic heterocycles. The standard InChI is InChI=1S/C26H29FN2O4S.ClH/c1-17(30)34-23-10-12-29(15-20(23)13-18-9-11-28(14-18)16-24(31)33-2)25(26(32)19-7-8-19)21-5-3-4-6-22(21)27;/h3-6,9,11,13-14,19,23,25H,7-8,10,12,15-16H2,1-2H3;1H/b20-13-;. The zero-order chi connectivity index (χ0) is 24.2. The van der Waals surface area contributed by atoms with Crippen molar-refractivity contribution >= 4 is 47.1 Å². The smallest absolute Gasteiger partial charge is 0.325 e. The van der Waals surface area contributed by atoms with Crippen LogP contribution in [0.5, 0.6) is 0 Å². The molecule has 0 N–H and O–H groups in total. The summed E-state index contributed by atoms with van der Waals surface area (Å²) in [6.45, 7) is 2.73. The highest BCUT2D eigenvalue weighted by Gasteiger charge is 2.41. The Kier molecular flexibility index (Phi) is 9.33. The number of carbonyl (C=O) groups excluding carboxylic acids is 3. The van der Waals surface area contributed by atoms with Gasteiger partial charge in [-0.3, -0.25) is 19.3 Å². The van der Waals surface area contributed by atoms with Crippen LogP contribution in [0.4, 0.5) is 4.39 Å². The third-order valence-corrected chi connectivity index (χ3v) is 7.42. The lowest BCUT2D eigenvalue weighted by Gasteiger charge is -2.38. The first kappa shape index (κ1) is 27.2.